The van der Waals surface area contributed by atoms with Crippen molar-refractivity contribution in [1.29, 1.82) is 0 Å². The summed E-state index contributed by atoms with van der Waals surface area (Å²) in [6.07, 6.45) is 0.511. The number of carbonyl (C=O) groups is 1. The summed E-state index contributed by atoms with van der Waals surface area (Å²) < 4.78 is 13.6. The van der Waals surface area contributed by atoms with E-state index in [0.29, 0.717) is 13.0 Å². The Morgan fingerprint density at radius 2 is 2.00 bits per heavy atom. The zero-order valence-electron chi connectivity index (χ0n) is 10.5. The Morgan fingerprint density at radius 3 is 2.47 bits per heavy atom. The van der Waals surface area contributed by atoms with E-state index >= 15 is 0 Å². The number of likely N-dealkylation sites (N-methyl/N-ethyl adjacent to an activating group) is 1. The fourth-order valence-corrected chi connectivity index (χ4v) is 1.55. The van der Waals surface area contributed by atoms with Crippen LogP contribution in [0.25, 0.3) is 0 Å². The summed E-state index contributed by atoms with van der Waals surface area (Å²) >= 11 is 0. The lowest BCUT2D eigenvalue weighted by molar-refractivity contribution is -0.123. The van der Waals surface area contributed by atoms with Crippen molar-refractivity contribution < 1.29 is 9.18 Å². The standard InChI is InChI=1S/C13H19FN2O/c1-4-13(3,15)12(17)16(5-2)11-9-7-6-8-10(11)14/h6-9H,4-5,15H2,1-3H3. The number of nitrogens with two attached hydrogens (primary N) is 1. The fraction of sp³-hybridized carbons (Fsp3) is 0.462. The zero-order valence-corrected chi connectivity index (χ0v) is 10.5. The molecule has 1 rings (SSSR count). The van der Waals surface area contributed by atoms with Crippen molar-refractivity contribution in [2.24, 2.45) is 5.73 Å². The Kier molecular flexibility index (Phi) is 4.23. The smallest absolute Gasteiger partial charge is 0.246 e. The van der Waals surface area contributed by atoms with Gasteiger partial charge in [-0.05, 0) is 32.4 Å². The van der Waals surface area contributed by atoms with E-state index in [1.165, 1.54) is 11.0 Å². The highest BCUT2D eigenvalue weighted by atomic mass is 19.1. The number of rotatable bonds is 4. The van der Waals surface area contributed by atoms with Gasteiger partial charge in [-0.1, -0.05) is 19.1 Å². The monoisotopic (exact) mass is 238 g/mol. The van der Waals surface area contributed by atoms with E-state index in [1.54, 1.807) is 32.0 Å². The third kappa shape index (κ3) is 2.82. The number of para-hydroxylation sites is 1. The van der Waals surface area contributed by atoms with Crippen LogP contribution in [0.1, 0.15) is 27.2 Å². The SMILES string of the molecule is CCN(C(=O)C(C)(N)CC)c1ccccc1F. The first-order valence-corrected chi connectivity index (χ1v) is 5.79. The predicted molar refractivity (Wildman–Crippen MR) is 67.3 cm³/mol. The molecule has 94 valence electrons. The largest absolute Gasteiger partial charge is 0.318 e. The van der Waals surface area contributed by atoms with Crippen LogP contribution in [-0.2, 0) is 4.79 Å². The van der Waals surface area contributed by atoms with Crippen LogP contribution < -0.4 is 10.6 Å². The summed E-state index contributed by atoms with van der Waals surface area (Å²) in [5.41, 5.74) is 5.23. The molecular weight excluding hydrogens is 219 g/mol. The number of nitrogens with zero attached hydrogens (tertiary/aromatic N) is 1. The van der Waals surface area contributed by atoms with E-state index < -0.39 is 11.4 Å². The molecule has 0 saturated heterocycles. The third-order valence-corrected chi connectivity index (χ3v) is 2.93. The van der Waals surface area contributed by atoms with Gasteiger partial charge in [-0.2, -0.15) is 0 Å². The van der Waals surface area contributed by atoms with Crippen LogP contribution in [0.15, 0.2) is 24.3 Å². The van der Waals surface area contributed by atoms with Gasteiger partial charge in [0.2, 0.25) is 5.91 Å². The van der Waals surface area contributed by atoms with E-state index in [0.717, 1.165) is 0 Å². The normalized spacial score (nSPS) is 14.2. The molecule has 0 bridgehead atoms. The van der Waals surface area contributed by atoms with Crippen LogP contribution in [0.3, 0.4) is 0 Å². The second kappa shape index (κ2) is 5.27. The van der Waals surface area contributed by atoms with E-state index in [9.17, 15) is 9.18 Å². The van der Waals surface area contributed by atoms with Crippen LogP contribution in [-0.4, -0.2) is 18.0 Å². The molecule has 4 heteroatoms. The number of halogens is 1. The van der Waals surface area contributed by atoms with Crippen LogP contribution in [0, 0.1) is 5.82 Å². The highest BCUT2D eigenvalue weighted by Crippen LogP contribution is 2.22. The Balaban J connectivity index is 3.09. The van der Waals surface area contributed by atoms with Crippen molar-refractivity contribution in [3.63, 3.8) is 0 Å². The highest BCUT2D eigenvalue weighted by molar-refractivity contribution is 5.99. The van der Waals surface area contributed by atoms with Gasteiger partial charge in [-0.15, -0.1) is 0 Å². The van der Waals surface area contributed by atoms with Crippen molar-refractivity contribution >= 4 is 11.6 Å². The molecule has 1 unspecified atom stereocenters. The topological polar surface area (TPSA) is 46.3 Å². The fourth-order valence-electron chi connectivity index (χ4n) is 1.55. The van der Waals surface area contributed by atoms with Crippen molar-refractivity contribution in [2.75, 3.05) is 11.4 Å². The van der Waals surface area contributed by atoms with Gasteiger partial charge >= 0.3 is 0 Å². The second-order valence-electron chi connectivity index (χ2n) is 4.27. The molecule has 3 nitrogen and oxygen atoms in total. The maximum atomic E-state index is 13.6. The van der Waals surface area contributed by atoms with Crippen molar-refractivity contribution in [2.45, 2.75) is 32.7 Å². The molecule has 1 aromatic carbocycles. The Hall–Kier alpha value is -1.42. The van der Waals surface area contributed by atoms with E-state index in [1.807, 2.05) is 6.92 Å². The van der Waals surface area contributed by atoms with Gasteiger partial charge < -0.3 is 10.6 Å². The summed E-state index contributed by atoms with van der Waals surface area (Å²) in [7, 11) is 0. The molecule has 0 aromatic heterocycles. The van der Waals surface area contributed by atoms with Gasteiger partial charge in [0, 0.05) is 6.54 Å². The van der Waals surface area contributed by atoms with Crippen molar-refractivity contribution in [1.82, 2.24) is 0 Å². The molecule has 0 spiro atoms. The lowest BCUT2D eigenvalue weighted by Gasteiger charge is -2.30. The van der Waals surface area contributed by atoms with Gasteiger partial charge in [0.15, 0.2) is 0 Å². The molecule has 17 heavy (non-hydrogen) atoms. The van der Waals surface area contributed by atoms with Crippen LogP contribution >= 0.6 is 0 Å². The van der Waals surface area contributed by atoms with Gasteiger partial charge in [0.05, 0.1) is 11.2 Å². The summed E-state index contributed by atoms with van der Waals surface area (Å²) in [6, 6.07) is 6.22. The van der Waals surface area contributed by atoms with Crippen LogP contribution in [0.4, 0.5) is 10.1 Å². The minimum absolute atomic E-state index is 0.257. The number of carbonyl (C=O) groups excluding carboxylic acids is 1. The van der Waals surface area contributed by atoms with Gasteiger partial charge in [0.25, 0.3) is 0 Å². The molecule has 1 aromatic rings. The first kappa shape index (κ1) is 13.6. The number of hydrogen-bond acceptors (Lipinski definition) is 2. The summed E-state index contributed by atoms with van der Waals surface area (Å²) in [6.45, 7) is 5.70. The first-order valence-electron chi connectivity index (χ1n) is 5.79. The summed E-state index contributed by atoms with van der Waals surface area (Å²) in [5.74, 6) is -0.665. The average Bonchev–Trinajstić information content (AvgIpc) is 2.32. The molecule has 0 aliphatic heterocycles. The quantitative estimate of drug-likeness (QED) is 0.875. The second-order valence-corrected chi connectivity index (χ2v) is 4.27. The summed E-state index contributed by atoms with van der Waals surface area (Å²) in [4.78, 5) is 13.6. The van der Waals surface area contributed by atoms with Crippen LogP contribution in [0.2, 0.25) is 0 Å². The highest BCUT2D eigenvalue weighted by Gasteiger charge is 2.31. The summed E-state index contributed by atoms with van der Waals surface area (Å²) in [5, 5.41) is 0. The third-order valence-electron chi connectivity index (χ3n) is 2.93. The number of amides is 1. The minimum Gasteiger partial charge on any atom is -0.318 e. The Bertz CT molecular complexity index is 404. The van der Waals surface area contributed by atoms with Gasteiger partial charge in [-0.25, -0.2) is 4.39 Å². The number of hydrogen-bond donors (Lipinski definition) is 1. The van der Waals surface area contributed by atoms with Gasteiger partial charge in [-0.3, -0.25) is 4.79 Å². The van der Waals surface area contributed by atoms with Crippen molar-refractivity contribution in [3.8, 4) is 0 Å². The van der Waals surface area contributed by atoms with Crippen LogP contribution in [0.5, 0.6) is 0 Å². The zero-order chi connectivity index (χ0) is 13.1. The Labute approximate surface area is 101 Å². The minimum atomic E-state index is -0.960. The maximum absolute atomic E-state index is 13.6. The lowest BCUT2D eigenvalue weighted by Crippen LogP contribution is -2.53. The lowest BCUT2D eigenvalue weighted by atomic mass is 9.98. The van der Waals surface area contributed by atoms with Gasteiger partial charge in [0.1, 0.15) is 5.82 Å². The maximum Gasteiger partial charge on any atom is 0.246 e. The first-order chi connectivity index (χ1) is 7.94. The van der Waals surface area contributed by atoms with E-state index in [4.69, 9.17) is 5.73 Å². The van der Waals surface area contributed by atoms with E-state index in [-0.39, 0.29) is 11.6 Å². The Morgan fingerprint density at radius 1 is 1.41 bits per heavy atom. The average molecular weight is 238 g/mol. The van der Waals surface area contributed by atoms with Crippen molar-refractivity contribution in [3.05, 3.63) is 30.1 Å². The molecule has 0 saturated carbocycles. The molecule has 0 fully saturated rings. The molecule has 1 amide bonds. The predicted octanol–water partition coefficient (Wildman–Crippen LogP) is 2.31. The number of benzene rings is 1. The molecule has 0 radical (unpaired) electrons. The number of anilines is 1. The molecule has 0 heterocycles. The van der Waals surface area contributed by atoms with E-state index in [2.05, 4.69) is 0 Å². The molecule has 0 aliphatic rings. The molecule has 0 aliphatic carbocycles. The molecular formula is C13H19FN2O. The molecule has 1 atom stereocenters. The molecule has 2 N–H and O–H groups in total.